The van der Waals surface area contributed by atoms with Crippen molar-refractivity contribution in [3.63, 3.8) is 0 Å². The van der Waals surface area contributed by atoms with Crippen molar-refractivity contribution in [1.82, 2.24) is 20.6 Å². The van der Waals surface area contributed by atoms with Crippen molar-refractivity contribution in [1.29, 1.82) is 0 Å². The van der Waals surface area contributed by atoms with E-state index in [0.29, 0.717) is 5.56 Å². The number of amides is 1. The van der Waals surface area contributed by atoms with Crippen LogP contribution in [0.3, 0.4) is 0 Å². The van der Waals surface area contributed by atoms with Crippen LogP contribution in [0.4, 0.5) is 0 Å². The van der Waals surface area contributed by atoms with E-state index in [2.05, 4.69) is 25.7 Å². The van der Waals surface area contributed by atoms with Crippen LogP contribution in [0.1, 0.15) is 37.1 Å². The van der Waals surface area contributed by atoms with E-state index in [0.717, 1.165) is 23.1 Å². The molecule has 0 aliphatic rings. The van der Waals surface area contributed by atoms with Gasteiger partial charge in [-0.1, -0.05) is 42.1 Å². The van der Waals surface area contributed by atoms with Crippen molar-refractivity contribution in [2.24, 2.45) is 5.10 Å². The Hall–Kier alpha value is -3.66. The van der Waals surface area contributed by atoms with Gasteiger partial charge in [0.1, 0.15) is 16.6 Å². The number of carbonyl (C=O) groups excluding carboxylic acids is 1. The summed E-state index contributed by atoms with van der Waals surface area (Å²) in [7, 11) is 0. The average molecular weight is 454 g/mol. The number of aromatic amines is 2. The summed E-state index contributed by atoms with van der Waals surface area (Å²) in [6.07, 6.45) is 1.51. The molecular weight excluding hydrogens is 430 g/mol. The summed E-state index contributed by atoms with van der Waals surface area (Å²) in [5, 5.41) is 9.09. The van der Waals surface area contributed by atoms with Crippen LogP contribution < -0.4 is 21.4 Å². The van der Waals surface area contributed by atoms with Crippen LogP contribution in [0.5, 0.6) is 5.75 Å². The fourth-order valence-corrected chi connectivity index (χ4v) is 3.57. The highest BCUT2D eigenvalue weighted by atomic mass is 32.2. The molecule has 0 bridgehead atoms. The van der Waals surface area contributed by atoms with Crippen LogP contribution in [0.2, 0.25) is 0 Å². The second-order valence-corrected chi connectivity index (χ2v) is 8.83. The van der Waals surface area contributed by atoms with Gasteiger partial charge in [0.25, 0.3) is 11.5 Å². The fourth-order valence-electron chi connectivity index (χ4n) is 2.63. The van der Waals surface area contributed by atoms with Gasteiger partial charge >= 0.3 is 5.69 Å². The van der Waals surface area contributed by atoms with Gasteiger partial charge in [0.05, 0.1) is 6.21 Å². The number of hydrogen-bond acceptors (Lipinski definition) is 7. The predicted molar refractivity (Wildman–Crippen MR) is 123 cm³/mol. The van der Waals surface area contributed by atoms with Gasteiger partial charge in [0.2, 0.25) is 0 Å². The number of aromatic nitrogens is 3. The third-order valence-electron chi connectivity index (χ3n) is 3.94. The van der Waals surface area contributed by atoms with Crippen LogP contribution in [-0.2, 0) is 4.79 Å². The van der Waals surface area contributed by atoms with Crippen LogP contribution >= 0.6 is 11.8 Å². The molecule has 166 valence electrons. The molecule has 0 saturated carbocycles. The van der Waals surface area contributed by atoms with Gasteiger partial charge in [0, 0.05) is 0 Å². The largest absolute Gasteiger partial charge is 0.488 e. The molecule has 0 aliphatic carbocycles. The Morgan fingerprint density at radius 3 is 2.44 bits per heavy atom. The van der Waals surface area contributed by atoms with E-state index in [1.165, 1.54) is 6.21 Å². The first kappa shape index (κ1) is 23.0. The van der Waals surface area contributed by atoms with Crippen molar-refractivity contribution in [2.75, 3.05) is 0 Å². The number of carbonyl (C=O) groups is 1. The number of nitrogens with zero attached hydrogens (tertiary/aromatic N) is 2. The van der Waals surface area contributed by atoms with Gasteiger partial charge in [-0.3, -0.25) is 14.6 Å². The summed E-state index contributed by atoms with van der Waals surface area (Å²) < 4.78 is 5.78. The second kappa shape index (κ2) is 10.1. The Morgan fingerprint density at radius 1 is 1.12 bits per heavy atom. The highest BCUT2D eigenvalue weighted by molar-refractivity contribution is 8.00. The van der Waals surface area contributed by atoms with Gasteiger partial charge in [-0.25, -0.2) is 15.3 Å². The molecule has 0 fully saturated rings. The van der Waals surface area contributed by atoms with Gasteiger partial charge in [0.15, 0.2) is 5.03 Å². The summed E-state index contributed by atoms with van der Waals surface area (Å²) in [5.41, 5.74) is 2.24. The second-order valence-electron chi connectivity index (χ2n) is 7.74. The molecule has 1 aromatic heterocycles. The average Bonchev–Trinajstić information content (AvgIpc) is 2.74. The van der Waals surface area contributed by atoms with Crippen molar-refractivity contribution in [3.05, 3.63) is 86.6 Å². The number of rotatable bonds is 7. The first-order chi connectivity index (χ1) is 15.2. The van der Waals surface area contributed by atoms with Crippen molar-refractivity contribution < 1.29 is 9.53 Å². The number of thioether (sulfide) groups is 1. The molecule has 0 aliphatic heterocycles. The predicted octanol–water partition coefficient (Wildman–Crippen LogP) is 2.62. The van der Waals surface area contributed by atoms with E-state index in [4.69, 9.17) is 4.74 Å². The smallest absolute Gasteiger partial charge is 0.342 e. The van der Waals surface area contributed by atoms with Gasteiger partial charge in [-0.2, -0.15) is 10.2 Å². The molecule has 3 rings (SSSR count). The molecule has 1 atom stereocenters. The molecule has 10 heteroatoms. The SMILES string of the molecule is CC(C)(C)Oc1ccc(/C=N\NC(=O)C(Sc2n[nH]c(=O)[nH]c2=O)c2ccccc2)cc1. The highest BCUT2D eigenvalue weighted by Gasteiger charge is 2.24. The first-order valence-electron chi connectivity index (χ1n) is 9.74. The molecule has 1 unspecified atom stereocenters. The summed E-state index contributed by atoms with van der Waals surface area (Å²) in [5.74, 6) is 0.287. The topological polar surface area (TPSA) is 129 Å². The monoisotopic (exact) mass is 453 g/mol. The third-order valence-corrected chi connectivity index (χ3v) is 5.16. The lowest BCUT2D eigenvalue weighted by Gasteiger charge is -2.21. The molecule has 0 radical (unpaired) electrons. The van der Waals surface area contributed by atoms with Crippen LogP contribution in [0, 0.1) is 0 Å². The quantitative estimate of drug-likeness (QED) is 0.286. The van der Waals surface area contributed by atoms with Gasteiger partial charge < -0.3 is 4.74 Å². The Labute approximate surface area is 188 Å². The van der Waals surface area contributed by atoms with E-state index >= 15 is 0 Å². The van der Waals surface area contributed by atoms with E-state index in [1.54, 1.807) is 24.3 Å². The lowest BCUT2D eigenvalue weighted by Crippen LogP contribution is -2.28. The molecule has 9 nitrogen and oxygen atoms in total. The molecule has 32 heavy (non-hydrogen) atoms. The van der Waals surface area contributed by atoms with Gasteiger partial charge in [-0.05, 0) is 56.2 Å². The Kier molecular flexibility index (Phi) is 7.26. The minimum absolute atomic E-state index is 0.0352. The number of H-pyrrole nitrogens is 2. The normalized spacial score (nSPS) is 12.5. The number of hydrazone groups is 1. The number of benzene rings is 2. The molecule has 3 N–H and O–H groups in total. The third kappa shape index (κ3) is 6.67. The molecule has 1 amide bonds. The molecule has 0 spiro atoms. The minimum Gasteiger partial charge on any atom is -0.488 e. The van der Waals surface area contributed by atoms with Crippen LogP contribution in [0.15, 0.2) is 74.3 Å². The minimum atomic E-state index is -0.810. The molecular formula is C22H23N5O4S. The number of hydrogen-bond donors (Lipinski definition) is 3. The van der Waals surface area contributed by atoms with Crippen molar-refractivity contribution in [2.45, 2.75) is 36.6 Å². The summed E-state index contributed by atoms with van der Waals surface area (Å²) in [6.45, 7) is 5.90. The van der Waals surface area contributed by atoms with E-state index < -0.39 is 22.4 Å². The maximum Gasteiger partial charge on any atom is 0.342 e. The standard InChI is InChI=1S/C22H23N5O4S/c1-22(2,3)31-16-11-9-14(10-12-16)13-23-25-18(28)17(15-7-5-4-6-8-15)32-20-19(29)24-21(30)27-26-20/h4-13,17H,1-3H3,(H,25,28)(H2,24,27,29,30)/b23-13-. The maximum absolute atomic E-state index is 12.8. The first-order valence-corrected chi connectivity index (χ1v) is 10.6. The zero-order valence-electron chi connectivity index (χ0n) is 17.8. The van der Waals surface area contributed by atoms with E-state index in [1.807, 2.05) is 51.1 Å². The summed E-state index contributed by atoms with van der Waals surface area (Å²) in [4.78, 5) is 38.2. The number of ether oxygens (including phenoxy) is 1. The zero-order chi connectivity index (χ0) is 23.1. The van der Waals surface area contributed by atoms with Crippen molar-refractivity contribution >= 4 is 23.9 Å². The lowest BCUT2D eigenvalue weighted by molar-refractivity contribution is -0.120. The Bertz CT molecular complexity index is 1200. The summed E-state index contributed by atoms with van der Waals surface area (Å²) >= 11 is 0.911. The number of nitrogens with one attached hydrogen (secondary N) is 3. The molecule has 3 aromatic rings. The van der Waals surface area contributed by atoms with Crippen molar-refractivity contribution in [3.8, 4) is 5.75 Å². The van der Waals surface area contributed by atoms with E-state index in [9.17, 15) is 14.4 Å². The molecule has 1 heterocycles. The van der Waals surface area contributed by atoms with Crippen LogP contribution in [0.25, 0.3) is 0 Å². The van der Waals surface area contributed by atoms with Crippen LogP contribution in [-0.4, -0.2) is 32.9 Å². The molecule has 2 aromatic carbocycles. The van der Waals surface area contributed by atoms with Gasteiger partial charge in [-0.15, -0.1) is 0 Å². The van der Waals surface area contributed by atoms with E-state index in [-0.39, 0.29) is 10.6 Å². The molecule has 0 saturated heterocycles. The lowest BCUT2D eigenvalue weighted by atomic mass is 10.1. The maximum atomic E-state index is 12.8. The summed E-state index contributed by atoms with van der Waals surface area (Å²) in [6, 6.07) is 16.2. The highest BCUT2D eigenvalue weighted by Crippen LogP contribution is 2.32. The fraction of sp³-hybridized carbons (Fsp3) is 0.227. The zero-order valence-corrected chi connectivity index (χ0v) is 18.6. The Morgan fingerprint density at radius 2 is 1.81 bits per heavy atom. The Balaban J connectivity index is 1.72.